The molecule has 0 aliphatic carbocycles. The largest absolute Gasteiger partial charge is 0.497 e. The number of methoxy groups -OCH3 is 1. The summed E-state index contributed by atoms with van der Waals surface area (Å²) in [5, 5.41) is 3.29. The average molecular weight is 383 g/mol. The zero-order valence-corrected chi connectivity index (χ0v) is 17.3. The summed E-state index contributed by atoms with van der Waals surface area (Å²) >= 11 is 0. The van der Waals surface area contributed by atoms with Crippen molar-refractivity contribution in [3.05, 3.63) is 75.1 Å². The number of rotatable bonds is 7. The lowest BCUT2D eigenvalue weighted by Gasteiger charge is -2.21. The summed E-state index contributed by atoms with van der Waals surface area (Å²) in [4.78, 5) is 13.4. The molecule has 0 aliphatic rings. The second kappa shape index (κ2) is 8.59. The summed E-state index contributed by atoms with van der Waals surface area (Å²) in [6, 6.07) is 14.3. The van der Waals surface area contributed by atoms with Crippen molar-refractivity contribution >= 4 is 11.0 Å². The normalized spacial score (nSPS) is 12.5. The van der Waals surface area contributed by atoms with E-state index in [4.69, 9.17) is 9.15 Å². The molecule has 1 atom stereocenters. The average Bonchev–Trinajstić information content (AvgIpc) is 2.66. The third-order valence-corrected chi connectivity index (χ3v) is 5.40. The summed E-state index contributed by atoms with van der Waals surface area (Å²) in [6.45, 7) is 5.76. The summed E-state index contributed by atoms with van der Waals surface area (Å²) in [5.41, 5.74) is 4.98. The highest BCUT2D eigenvalue weighted by molar-refractivity contribution is 5.81. The van der Waals surface area contributed by atoms with Gasteiger partial charge in [-0.05, 0) is 49.2 Å². The molecular formula is C23H30N2O3+2. The van der Waals surface area contributed by atoms with E-state index in [2.05, 4.69) is 44.5 Å². The van der Waals surface area contributed by atoms with E-state index < -0.39 is 0 Å². The molecule has 0 bridgehead atoms. The number of likely N-dealkylation sites (N-methyl/N-ethyl adjacent to an activating group) is 1. The third-order valence-electron chi connectivity index (χ3n) is 5.40. The van der Waals surface area contributed by atoms with Crippen LogP contribution in [0, 0.1) is 13.8 Å². The van der Waals surface area contributed by atoms with Crippen molar-refractivity contribution in [2.24, 2.45) is 0 Å². The van der Waals surface area contributed by atoms with Crippen LogP contribution in [0.25, 0.3) is 11.0 Å². The molecule has 0 spiro atoms. The summed E-state index contributed by atoms with van der Waals surface area (Å²) in [5.74, 6) is 0.876. The van der Waals surface area contributed by atoms with E-state index in [1.54, 1.807) is 13.2 Å². The molecule has 0 unspecified atom stereocenters. The lowest BCUT2D eigenvalue weighted by Crippen LogP contribution is -3.09. The maximum absolute atomic E-state index is 12.0. The van der Waals surface area contributed by atoms with Gasteiger partial charge in [-0.3, -0.25) is 0 Å². The van der Waals surface area contributed by atoms with Crippen molar-refractivity contribution < 1.29 is 19.4 Å². The Labute approximate surface area is 165 Å². The first-order valence-corrected chi connectivity index (χ1v) is 9.68. The van der Waals surface area contributed by atoms with Gasteiger partial charge in [-0.25, -0.2) is 4.79 Å². The fourth-order valence-electron chi connectivity index (χ4n) is 3.62. The first kappa shape index (κ1) is 20.1. The Kier molecular flexibility index (Phi) is 6.17. The lowest BCUT2D eigenvalue weighted by atomic mass is 10.0. The van der Waals surface area contributed by atoms with E-state index in [0.717, 1.165) is 35.4 Å². The Morgan fingerprint density at radius 3 is 2.57 bits per heavy atom. The molecule has 1 aromatic heterocycles. The SMILES string of the molecule is COc1cccc([C@H](C[NH2+]Cc2cc(=O)oc3cc(C)c(C)cc23)[NH+](C)C)c1. The van der Waals surface area contributed by atoms with Crippen LogP contribution in [0.5, 0.6) is 5.75 Å². The first-order valence-electron chi connectivity index (χ1n) is 9.68. The van der Waals surface area contributed by atoms with Crippen LogP contribution in [0.15, 0.2) is 51.7 Å². The highest BCUT2D eigenvalue weighted by atomic mass is 16.5. The van der Waals surface area contributed by atoms with Crippen molar-refractivity contribution in [3.63, 3.8) is 0 Å². The van der Waals surface area contributed by atoms with Crippen LogP contribution in [0.4, 0.5) is 0 Å². The van der Waals surface area contributed by atoms with Gasteiger partial charge in [0.15, 0.2) is 6.04 Å². The smallest absolute Gasteiger partial charge is 0.336 e. The second-order valence-electron chi connectivity index (χ2n) is 7.66. The van der Waals surface area contributed by atoms with Gasteiger partial charge in [-0.15, -0.1) is 0 Å². The van der Waals surface area contributed by atoms with Crippen LogP contribution in [0.2, 0.25) is 0 Å². The molecule has 0 aliphatic heterocycles. The molecule has 5 nitrogen and oxygen atoms in total. The van der Waals surface area contributed by atoms with Gasteiger partial charge >= 0.3 is 5.63 Å². The topological polar surface area (TPSA) is 60.5 Å². The third kappa shape index (κ3) is 4.43. The standard InChI is InChI=1S/C23H28N2O3/c1-15-9-20-18(12-23(26)28-22(20)10-16(15)2)13-24-14-21(25(3)4)17-7-6-8-19(11-17)27-5/h6-12,21,24H,13-14H2,1-5H3/p+2/t21-/m0/s1. The van der Waals surface area contributed by atoms with Crippen molar-refractivity contribution in [3.8, 4) is 5.75 Å². The van der Waals surface area contributed by atoms with E-state index in [1.165, 1.54) is 16.0 Å². The molecule has 3 rings (SSSR count). The van der Waals surface area contributed by atoms with Crippen LogP contribution in [-0.2, 0) is 6.54 Å². The minimum atomic E-state index is -0.290. The lowest BCUT2D eigenvalue weighted by molar-refractivity contribution is -0.910. The minimum absolute atomic E-state index is 0.290. The fourth-order valence-corrected chi connectivity index (χ4v) is 3.62. The molecule has 0 saturated carbocycles. The minimum Gasteiger partial charge on any atom is -0.497 e. The Morgan fingerprint density at radius 2 is 1.86 bits per heavy atom. The quantitative estimate of drug-likeness (QED) is 0.607. The number of nitrogens with one attached hydrogen (secondary N) is 1. The molecule has 0 radical (unpaired) electrons. The van der Waals surface area contributed by atoms with Gasteiger partial charge in [0.1, 0.15) is 24.4 Å². The predicted octanol–water partition coefficient (Wildman–Crippen LogP) is 1.37. The van der Waals surface area contributed by atoms with Crippen molar-refractivity contribution in [1.82, 2.24) is 0 Å². The summed E-state index contributed by atoms with van der Waals surface area (Å²) in [7, 11) is 6.02. The maximum Gasteiger partial charge on any atom is 0.336 e. The maximum atomic E-state index is 12.0. The molecule has 0 saturated heterocycles. The number of fused-ring (bicyclic) bond motifs is 1. The van der Waals surface area contributed by atoms with E-state index >= 15 is 0 Å². The zero-order chi connectivity index (χ0) is 20.3. The second-order valence-corrected chi connectivity index (χ2v) is 7.66. The van der Waals surface area contributed by atoms with Gasteiger partial charge < -0.3 is 19.4 Å². The van der Waals surface area contributed by atoms with Crippen LogP contribution in [-0.4, -0.2) is 27.7 Å². The van der Waals surface area contributed by atoms with E-state index in [9.17, 15) is 4.79 Å². The summed E-state index contributed by atoms with van der Waals surface area (Å²) < 4.78 is 10.8. The van der Waals surface area contributed by atoms with E-state index in [1.807, 2.05) is 25.1 Å². The van der Waals surface area contributed by atoms with Crippen LogP contribution >= 0.6 is 0 Å². The molecule has 1 heterocycles. The Morgan fingerprint density at radius 1 is 1.11 bits per heavy atom. The number of hydrogen-bond donors (Lipinski definition) is 2. The highest BCUT2D eigenvalue weighted by Crippen LogP contribution is 2.21. The van der Waals surface area contributed by atoms with Gasteiger partial charge in [0.25, 0.3) is 0 Å². The number of aryl methyl sites for hydroxylation is 2. The van der Waals surface area contributed by atoms with Crippen molar-refractivity contribution in [2.75, 3.05) is 27.7 Å². The molecule has 0 fully saturated rings. The zero-order valence-electron chi connectivity index (χ0n) is 17.3. The van der Waals surface area contributed by atoms with Gasteiger partial charge in [-0.2, -0.15) is 0 Å². The fraction of sp³-hybridized carbons (Fsp3) is 0.348. The molecule has 2 aromatic carbocycles. The van der Waals surface area contributed by atoms with Crippen LogP contribution < -0.4 is 20.6 Å². The Hall–Kier alpha value is -2.63. The van der Waals surface area contributed by atoms with E-state index in [-0.39, 0.29) is 5.63 Å². The first-order chi connectivity index (χ1) is 13.4. The van der Waals surface area contributed by atoms with Crippen molar-refractivity contribution in [2.45, 2.75) is 26.4 Å². The van der Waals surface area contributed by atoms with E-state index in [0.29, 0.717) is 11.6 Å². The number of nitrogens with two attached hydrogens (primary N) is 1. The molecule has 28 heavy (non-hydrogen) atoms. The Bertz CT molecular complexity index is 1020. The van der Waals surface area contributed by atoms with Crippen LogP contribution in [0.3, 0.4) is 0 Å². The number of quaternary nitrogens is 2. The molecule has 0 amide bonds. The molecule has 3 N–H and O–H groups in total. The molecule has 3 aromatic rings. The van der Waals surface area contributed by atoms with Gasteiger partial charge in [0.2, 0.25) is 0 Å². The number of benzene rings is 2. The number of hydrogen-bond acceptors (Lipinski definition) is 3. The predicted molar refractivity (Wildman–Crippen MR) is 111 cm³/mol. The number of ether oxygens (including phenoxy) is 1. The van der Waals surface area contributed by atoms with Gasteiger partial charge in [0.05, 0.1) is 21.2 Å². The van der Waals surface area contributed by atoms with Gasteiger partial charge in [0, 0.05) is 22.6 Å². The molecular weight excluding hydrogens is 352 g/mol. The monoisotopic (exact) mass is 382 g/mol. The van der Waals surface area contributed by atoms with Gasteiger partial charge in [-0.1, -0.05) is 12.1 Å². The Balaban J connectivity index is 1.81. The molecule has 5 heteroatoms. The van der Waals surface area contributed by atoms with Crippen molar-refractivity contribution in [1.29, 1.82) is 0 Å². The summed E-state index contributed by atoms with van der Waals surface area (Å²) in [6.07, 6.45) is 0. The van der Waals surface area contributed by atoms with Crippen LogP contribution in [0.1, 0.15) is 28.3 Å². The highest BCUT2D eigenvalue weighted by Gasteiger charge is 2.20. The molecule has 148 valence electrons.